The normalized spacial score (nSPS) is 11.0. The van der Waals surface area contributed by atoms with Crippen LogP contribution >= 0.6 is 35.4 Å². The number of hydrogen-bond donors (Lipinski definition) is 1. The first kappa shape index (κ1) is 15.0. The molecule has 0 spiro atoms. The van der Waals surface area contributed by atoms with Crippen molar-refractivity contribution in [1.29, 1.82) is 0 Å². The van der Waals surface area contributed by atoms with Crippen LogP contribution < -0.4 is 5.69 Å². The lowest BCUT2D eigenvalue weighted by molar-refractivity contribution is 0.449. The molecule has 7 nitrogen and oxygen atoms in total. The molecule has 0 unspecified atom stereocenters. The van der Waals surface area contributed by atoms with Crippen LogP contribution in [0.5, 0.6) is 0 Å². The number of H-pyrrole nitrogens is 1. The van der Waals surface area contributed by atoms with E-state index >= 15 is 0 Å². The number of rotatable bonds is 3. The number of nitrogens with zero attached hydrogens (tertiary/aromatic N) is 4. The molecule has 0 aliphatic carbocycles. The Labute approximate surface area is 139 Å². The molecule has 0 saturated carbocycles. The minimum absolute atomic E-state index is 0.0636. The fourth-order valence-electron chi connectivity index (χ4n) is 2.04. The van der Waals surface area contributed by atoms with E-state index in [1.54, 1.807) is 25.1 Å². The zero-order valence-electron chi connectivity index (χ0n) is 11.2. The molecule has 0 bridgehead atoms. The average molecular weight is 358 g/mol. The molecule has 0 aliphatic rings. The summed E-state index contributed by atoms with van der Waals surface area (Å²) < 4.78 is 7.76. The van der Waals surface area contributed by atoms with Crippen molar-refractivity contribution in [3.63, 3.8) is 0 Å². The summed E-state index contributed by atoms with van der Waals surface area (Å²) in [6.07, 6.45) is 0. The number of nitrogens with one attached hydrogen (secondary N) is 1. The maximum absolute atomic E-state index is 12.5. The molecular weight excluding hydrogens is 349 g/mol. The average Bonchev–Trinajstić information content (AvgIpc) is 2.93. The Morgan fingerprint density at radius 3 is 2.59 bits per heavy atom. The molecule has 114 valence electrons. The maximum atomic E-state index is 12.5. The Balaban J connectivity index is 2.06. The van der Waals surface area contributed by atoms with E-state index in [-0.39, 0.29) is 23.0 Å². The van der Waals surface area contributed by atoms with Gasteiger partial charge < -0.3 is 4.42 Å². The number of benzene rings is 1. The highest BCUT2D eigenvalue weighted by molar-refractivity contribution is 7.71. The highest BCUT2D eigenvalue weighted by Gasteiger charge is 2.14. The van der Waals surface area contributed by atoms with E-state index in [9.17, 15) is 4.79 Å². The lowest BCUT2D eigenvalue weighted by Gasteiger charge is -2.04. The molecule has 22 heavy (non-hydrogen) atoms. The summed E-state index contributed by atoms with van der Waals surface area (Å²) in [5, 5.41) is 11.4. The molecule has 0 atom stereocenters. The molecule has 0 aliphatic heterocycles. The minimum atomic E-state index is -0.361. The van der Waals surface area contributed by atoms with Gasteiger partial charge in [0.15, 0.2) is 0 Å². The number of hydrogen-bond acceptors (Lipinski definition) is 5. The first-order chi connectivity index (χ1) is 10.4. The summed E-state index contributed by atoms with van der Waals surface area (Å²) in [6.45, 7) is 1.76. The highest BCUT2D eigenvalue weighted by atomic mass is 35.5. The summed E-state index contributed by atoms with van der Waals surface area (Å²) in [4.78, 5) is 12.6. The van der Waals surface area contributed by atoms with E-state index in [4.69, 9.17) is 39.8 Å². The Hall–Kier alpha value is -1.90. The van der Waals surface area contributed by atoms with Crippen molar-refractivity contribution >= 4 is 35.4 Å². The highest BCUT2D eigenvalue weighted by Crippen LogP contribution is 2.21. The summed E-state index contributed by atoms with van der Waals surface area (Å²) in [5.74, 6) is 0.748. The molecule has 0 fully saturated rings. The van der Waals surface area contributed by atoms with Gasteiger partial charge in [-0.3, -0.25) is 0 Å². The predicted octanol–water partition coefficient (Wildman–Crippen LogP) is 2.74. The Bertz CT molecular complexity index is 935. The van der Waals surface area contributed by atoms with Gasteiger partial charge in [-0.2, -0.15) is 5.10 Å². The van der Waals surface area contributed by atoms with E-state index in [1.807, 2.05) is 0 Å². The number of aryl methyl sites for hydroxylation is 1. The van der Waals surface area contributed by atoms with Crippen LogP contribution in [0.3, 0.4) is 0 Å². The molecule has 0 radical (unpaired) electrons. The largest absolute Gasteiger partial charge is 0.412 e. The third-order valence-corrected chi connectivity index (χ3v) is 3.49. The Morgan fingerprint density at radius 2 is 2.00 bits per heavy atom. The van der Waals surface area contributed by atoms with Crippen LogP contribution in [-0.4, -0.2) is 24.5 Å². The van der Waals surface area contributed by atoms with Gasteiger partial charge in [0.25, 0.3) is 4.84 Å². The smallest absolute Gasteiger partial charge is 0.351 e. The quantitative estimate of drug-likeness (QED) is 0.728. The van der Waals surface area contributed by atoms with Crippen LogP contribution in [0.4, 0.5) is 0 Å². The molecule has 3 aromatic rings. The molecule has 2 heterocycles. The second-order valence-electron chi connectivity index (χ2n) is 4.46. The van der Waals surface area contributed by atoms with Crippen LogP contribution in [-0.2, 0) is 6.54 Å². The zero-order valence-corrected chi connectivity index (χ0v) is 13.5. The number of aromatic amines is 1. The van der Waals surface area contributed by atoms with Crippen molar-refractivity contribution in [2.45, 2.75) is 13.5 Å². The standard InChI is InChI=1S/C12H9Cl2N5O2S/c1-6-17-18(5-10-15-16-11(22)21-10)12(20)19(6)9-3-7(13)2-8(14)4-9/h2-4H,5H2,1H3,(H,16,22). The van der Waals surface area contributed by atoms with E-state index < -0.39 is 0 Å². The molecule has 0 saturated heterocycles. The van der Waals surface area contributed by atoms with Gasteiger partial charge in [-0.25, -0.2) is 19.1 Å². The van der Waals surface area contributed by atoms with Gasteiger partial charge in [-0.05, 0) is 37.3 Å². The first-order valence-electron chi connectivity index (χ1n) is 6.11. The fraction of sp³-hybridized carbons (Fsp3) is 0.167. The Morgan fingerprint density at radius 1 is 1.32 bits per heavy atom. The zero-order chi connectivity index (χ0) is 15.9. The lowest BCUT2D eigenvalue weighted by atomic mass is 10.3. The van der Waals surface area contributed by atoms with Crippen LogP contribution in [0.2, 0.25) is 10.0 Å². The number of aromatic nitrogens is 5. The van der Waals surface area contributed by atoms with E-state index in [0.29, 0.717) is 21.6 Å². The van der Waals surface area contributed by atoms with E-state index in [0.717, 1.165) is 0 Å². The van der Waals surface area contributed by atoms with Crippen molar-refractivity contribution in [2.75, 3.05) is 0 Å². The van der Waals surface area contributed by atoms with Crippen molar-refractivity contribution in [3.8, 4) is 5.69 Å². The van der Waals surface area contributed by atoms with Gasteiger partial charge in [0.1, 0.15) is 12.4 Å². The van der Waals surface area contributed by atoms with Gasteiger partial charge in [-0.15, -0.1) is 5.10 Å². The first-order valence-corrected chi connectivity index (χ1v) is 7.28. The molecule has 3 rings (SSSR count). The summed E-state index contributed by atoms with van der Waals surface area (Å²) in [5.41, 5.74) is 0.175. The van der Waals surface area contributed by atoms with Crippen LogP contribution in [0.25, 0.3) is 5.69 Å². The molecule has 2 aromatic heterocycles. The third-order valence-electron chi connectivity index (χ3n) is 2.87. The molecule has 10 heteroatoms. The Kier molecular flexibility index (Phi) is 3.90. The van der Waals surface area contributed by atoms with E-state index in [1.165, 1.54) is 9.25 Å². The van der Waals surface area contributed by atoms with Crippen molar-refractivity contribution < 1.29 is 4.42 Å². The van der Waals surface area contributed by atoms with Crippen molar-refractivity contribution in [2.24, 2.45) is 0 Å². The molecular formula is C12H9Cl2N5O2S. The maximum Gasteiger partial charge on any atom is 0.351 e. The summed E-state index contributed by atoms with van der Waals surface area (Å²) in [7, 11) is 0. The van der Waals surface area contributed by atoms with Crippen LogP contribution in [0.1, 0.15) is 11.7 Å². The number of halogens is 2. The second kappa shape index (κ2) is 5.71. The van der Waals surface area contributed by atoms with Gasteiger partial charge in [0.05, 0.1) is 5.69 Å². The summed E-state index contributed by atoms with van der Waals surface area (Å²) >= 11 is 16.7. The topological polar surface area (TPSA) is 81.6 Å². The fourth-order valence-corrected chi connectivity index (χ4v) is 2.70. The van der Waals surface area contributed by atoms with Gasteiger partial charge in [0.2, 0.25) is 5.89 Å². The predicted molar refractivity (Wildman–Crippen MR) is 83.4 cm³/mol. The molecule has 1 N–H and O–H groups in total. The van der Waals surface area contributed by atoms with Gasteiger partial charge in [-0.1, -0.05) is 23.2 Å². The monoisotopic (exact) mass is 357 g/mol. The molecule has 1 aromatic carbocycles. The summed E-state index contributed by atoms with van der Waals surface area (Å²) in [6, 6.07) is 4.85. The van der Waals surface area contributed by atoms with Crippen molar-refractivity contribution in [3.05, 3.63) is 55.3 Å². The van der Waals surface area contributed by atoms with E-state index in [2.05, 4.69) is 15.3 Å². The van der Waals surface area contributed by atoms with Crippen molar-refractivity contribution in [1.82, 2.24) is 24.5 Å². The SMILES string of the molecule is Cc1nn(Cc2n[nH]c(=S)o2)c(=O)n1-c1cc(Cl)cc(Cl)c1. The van der Waals surface area contributed by atoms with Gasteiger partial charge in [0, 0.05) is 10.0 Å². The minimum Gasteiger partial charge on any atom is -0.412 e. The lowest BCUT2D eigenvalue weighted by Crippen LogP contribution is -2.24. The second-order valence-corrected chi connectivity index (χ2v) is 5.70. The van der Waals surface area contributed by atoms with Crippen LogP contribution in [0, 0.1) is 11.8 Å². The third kappa shape index (κ3) is 2.85. The molecule has 0 amide bonds. The van der Waals surface area contributed by atoms with Crippen LogP contribution in [0.15, 0.2) is 27.4 Å². The van der Waals surface area contributed by atoms with Gasteiger partial charge >= 0.3 is 5.69 Å².